The number of hydrogen-bond donors (Lipinski definition) is 1. The highest BCUT2D eigenvalue weighted by Crippen LogP contribution is 2.11. The monoisotopic (exact) mass is 159 g/mol. The molecule has 1 N–H and O–H groups in total. The fourth-order valence-electron chi connectivity index (χ4n) is 1.37. The van der Waals surface area contributed by atoms with Crippen LogP contribution in [0.2, 0.25) is 0 Å². The van der Waals surface area contributed by atoms with Gasteiger partial charge < -0.3 is 14.7 Å². The van der Waals surface area contributed by atoms with Gasteiger partial charge in [0.25, 0.3) is 0 Å². The summed E-state index contributed by atoms with van der Waals surface area (Å²) in [5, 5.41) is 9.42. The van der Waals surface area contributed by atoms with Crippen LogP contribution in [-0.2, 0) is 4.74 Å². The molecular weight excluding hydrogens is 142 g/mol. The zero-order valence-electron chi connectivity index (χ0n) is 7.29. The van der Waals surface area contributed by atoms with Crippen molar-refractivity contribution in [2.75, 3.05) is 26.7 Å². The molecule has 1 saturated heterocycles. The third-order valence-electron chi connectivity index (χ3n) is 1.96. The van der Waals surface area contributed by atoms with Crippen LogP contribution in [0.25, 0.3) is 0 Å². The first-order chi connectivity index (χ1) is 5.24. The Bertz CT molecular complexity index is 119. The molecule has 11 heavy (non-hydrogen) atoms. The lowest BCUT2D eigenvalue weighted by molar-refractivity contribution is -0.00789. The van der Waals surface area contributed by atoms with Crippen LogP contribution in [0, 0.1) is 0 Å². The minimum absolute atomic E-state index is 0.0416. The van der Waals surface area contributed by atoms with Gasteiger partial charge in [0.1, 0.15) is 0 Å². The van der Waals surface area contributed by atoms with Crippen molar-refractivity contribution in [2.24, 2.45) is 0 Å². The molecule has 0 aromatic rings. The molecule has 2 unspecified atom stereocenters. The summed E-state index contributed by atoms with van der Waals surface area (Å²) >= 11 is 0. The summed E-state index contributed by atoms with van der Waals surface area (Å²) in [6, 6.07) is 0. The molecule has 0 bridgehead atoms. The van der Waals surface area contributed by atoms with E-state index < -0.39 is 0 Å². The summed E-state index contributed by atoms with van der Waals surface area (Å²) < 4.78 is 5.44. The fourth-order valence-corrected chi connectivity index (χ4v) is 1.37. The molecule has 1 aliphatic rings. The highest BCUT2D eigenvalue weighted by molar-refractivity contribution is 4.82. The molecule has 3 heteroatoms. The van der Waals surface area contributed by atoms with E-state index in [1.807, 2.05) is 7.05 Å². The fraction of sp³-hybridized carbons (Fsp3) is 1.00. The molecule has 66 valence electrons. The lowest BCUT2D eigenvalue weighted by atomic mass is 10.2. The first-order valence-corrected chi connectivity index (χ1v) is 4.22. The number of aliphatic hydroxyl groups is 1. The Morgan fingerprint density at radius 2 is 2.27 bits per heavy atom. The van der Waals surface area contributed by atoms with Gasteiger partial charge in [-0.05, 0) is 13.5 Å². The van der Waals surface area contributed by atoms with Crippen molar-refractivity contribution in [1.29, 1.82) is 0 Å². The molecule has 1 fully saturated rings. The van der Waals surface area contributed by atoms with E-state index in [1.54, 1.807) is 0 Å². The molecule has 2 atom stereocenters. The van der Waals surface area contributed by atoms with E-state index in [-0.39, 0.29) is 12.2 Å². The van der Waals surface area contributed by atoms with E-state index in [2.05, 4.69) is 11.8 Å². The SMILES string of the molecule is CCCOC1CN(C)CC1O. The summed E-state index contributed by atoms with van der Waals surface area (Å²) in [5.41, 5.74) is 0. The molecule has 0 aromatic heterocycles. The number of hydrogen-bond acceptors (Lipinski definition) is 3. The highest BCUT2D eigenvalue weighted by atomic mass is 16.5. The van der Waals surface area contributed by atoms with Gasteiger partial charge in [0.05, 0.1) is 12.2 Å². The van der Waals surface area contributed by atoms with Gasteiger partial charge >= 0.3 is 0 Å². The second-order valence-electron chi connectivity index (χ2n) is 3.20. The standard InChI is InChI=1S/C8H17NO2/c1-3-4-11-8-6-9(2)5-7(8)10/h7-8,10H,3-6H2,1-2H3. The van der Waals surface area contributed by atoms with Gasteiger partial charge in [-0.15, -0.1) is 0 Å². The van der Waals surface area contributed by atoms with Crippen LogP contribution < -0.4 is 0 Å². The molecule has 1 aliphatic heterocycles. The Labute approximate surface area is 68.0 Å². The Morgan fingerprint density at radius 3 is 2.73 bits per heavy atom. The summed E-state index contributed by atoms with van der Waals surface area (Å²) in [5.74, 6) is 0. The molecule has 0 aromatic carbocycles. The minimum atomic E-state index is -0.286. The number of aliphatic hydroxyl groups excluding tert-OH is 1. The van der Waals surface area contributed by atoms with Crippen LogP contribution >= 0.6 is 0 Å². The molecule has 1 heterocycles. The maximum atomic E-state index is 9.42. The van der Waals surface area contributed by atoms with Gasteiger partial charge in [0, 0.05) is 19.7 Å². The minimum Gasteiger partial charge on any atom is -0.389 e. The van der Waals surface area contributed by atoms with Crippen molar-refractivity contribution < 1.29 is 9.84 Å². The predicted octanol–water partition coefficient (Wildman–Crippen LogP) is 0.0879. The lowest BCUT2D eigenvalue weighted by Gasteiger charge is -2.13. The van der Waals surface area contributed by atoms with Crippen molar-refractivity contribution in [3.63, 3.8) is 0 Å². The van der Waals surface area contributed by atoms with E-state index in [4.69, 9.17) is 4.74 Å². The van der Waals surface area contributed by atoms with Gasteiger partial charge in [-0.25, -0.2) is 0 Å². The molecular formula is C8H17NO2. The first kappa shape index (κ1) is 8.97. The maximum Gasteiger partial charge on any atom is 0.0972 e. The molecule has 0 spiro atoms. The summed E-state index contributed by atoms with van der Waals surface area (Å²) in [7, 11) is 2.00. The third kappa shape index (κ3) is 2.43. The van der Waals surface area contributed by atoms with E-state index in [9.17, 15) is 5.11 Å². The highest BCUT2D eigenvalue weighted by Gasteiger charge is 2.29. The summed E-state index contributed by atoms with van der Waals surface area (Å²) in [6.45, 7) is 4.44. The smallest absolute Gasteiger partial charge is 0.0972 e. The molecule has 0 radical (unpaired) electrons. The number of β-amino-alcohol motifs (C(OH)–C–C–N with tert-alkyl or cyclic N) is 1. The Hall–Kier alpha value is -0.120. The average molecular weight is 159 g/mol. The van der Waals surface area contributed by atoms with Gasteiger partial charge in [0.15, 0.2) is 0 Å². The maximum absolute atomic E-state index is 9.42. The van der Waals surface area contributed by atoms with Crippen molar-refractivity contribution in [2.45, 2.75) is 25.6 Å². The van der Waals surface area contributed by atoms with Crippen LogP contribution in [0.1, 0.15) is 13.3 Å². The molecule has 0 saturated carbocycles. The van der Waals surface area contributed by atoms with Crippen LogP contribution in [-0.4, -0.2) is 49.0 Å². The first-order valence-electron chi connectivity index (χ1n) is 4.22. The van der Waals surface area contributed by atoms with Gasteiger partial charge in [-0.2, -0.15) is 0 Å². The second kappa shape index (κ2) is 4.04. The Kier molecular flexibility index (Phi) is 3.30. The van der Waals surface area contributed by atoms with E-state index in [1.165, 1.54) is 0 Å². The third-order valence-corrected chi connectivity index (χ3v) is 1.96. The van der Waals surface area contributed by atoms with Crippen molar-refractivity contribution >= 4 is 0 Å². The van der Waals surface area contributed by atoms with Crippen molar-refractivity contribution in [3.8, 4) is 0 Å². The normalized spacial score (nSPS) is 33.0. The van der Waals surface area contributed by atoms with E-state index >= 15 is 0 Å². The number of likely N-dealkylation sites (N-methyl/N-ethyl adjacent to an activating group) is 1. The largest absolute Gasteiger partial charge is 0.389 e. The van der Waals surface area contributed by atoms with Crippen molar-refractivity contribution in [3.05, 3.63) is 0 Å². The zero-order chi connectivity index (χ0) is 8.27. The summed E-state index contributed by atoms with van der Waals surface area (Å²) in [6.07, 6.45) is 0.777. The Balaban J connectivity index is 2.23. The van der Waals surface area contributed by atoms with Gasteiger partial charge in [-0.1, -0.05) is 6.92 Å². The van der Waals surface area contributed by atoms with Gasteiger partial charge in [0.2, 0.25) is 0 Å². The summed E-state index contributed by atoms with van der Waals surface area (Å²) in [4.78, 5) is 2.09. The zero-order valence-corrected chi connectivity index (χ0v) is 7.29. The number of likely N-dealkylation sites (tertiary alicyclic amines) is 1. The number of rotatable bonds is 3. The van der Waals surface area contributed by atoms with Crippen LogP contribution in [0.15, 0.2) is 0 Å². The second-order valence-corrected chi connectivity index (χ2v) is 3.20. The molecule has 0 aliphatic carbocycles. The molecule has 3 nitrogen and oxygen atoms in total. The van der Waals surface area contributed by atoms with E-state index in [0.29, 0.717) is 0 Å². The van der Waals surface area contributed by atoms with Crippen LogP contribution in [0.4, 0.5) is 0 Å². The van der Waals surface area contributed by atoms with Gasteiger partial charge in [-0.3, -0.25) is 0 Å². The molecule has 1 rings (SSSR count). The lowest BCUT2D eigenvalue weighted by Crippen LogP contribution is -2.27. The predicted molar refractivity (Wildman–Crippen MR) is 43.5 cm³/mol. The van der Waals surface area contributed by atoms with Crippen LogP contribution in [0.5, 0.6) is 0 Å². The average Bonchev–Trinajstić information content (AvgIpc) is 2.26. The number of nitrogens with zero attached hydrogens (tertiary/aromatic N) is 1. The van der Waals surface area contributed by atoms with Crippen molar-refractivity contribution in [1.82, 2.24) is 4.90 Å². The number of ether oxygens (including phenoxy) is 1. The molecule has 0 amide bonds. The quantitative estimate of drug-likeness (QED) is 0.633. The van der Waals surface area contributed by atoms with Crippen LogP contribution in [0.3, 0.4) is 0 Å². The van der Waals surface area contributed by atoms with E-state index in [0.717, 1.165) is 26.1 Å². The Morgan fingerprint density at radius 1 is 1.55 bits per heavy atom. The topological polar surface area (TPSA) is 32.7 Å².